The Hall–Kier alpha value is -1.09. The number of halogens is 1. The Bertz CT molecular complexity index is 203. The molecule has 0 aromatic heterocycles. The van der Waals surface area contributed by atoms with Crippen molar-refractivity contribution in [1.29, 1.82) is 0 Å². The second-order valence-corrected chi connectivity index (χ2v) is 2.00. The molecule has 0 atom stereocenters. The largest absolute Gasteiger partial charge is 0.245 e. The van der Waals surface area contributed by atoms with Crippen LogP contribution in [0.2, 0.25) is 0 Å². The molecular weight excluding hydrogens is 145 g/mol. The van der Waals surface area contributed by atoms with Gasteiger partial charge in [-0.3, -0.25) is 0 Å². The molecule has 0 N–H and O–H groups in total. The zero-order valence-corrected chi connectivity index (χ0v) is 6.33. The molecule has 0 spiro atoms. The lowest BCUT2D eigenvalue weighted by molar-refractivity contribution is 0.0271. The van der Waals surface area contributed by atoms with Crippen molar-refractivity contribution in [2.24, 2.45) is 0 Å². The van der Waals surface area contributed by atoms with Crippen LogP contribution in [-0.4, -0.2) is 6.61 Å². The average Bonchev–Trinajstić information content (AvgIpc) is 2.07. The monoisotopic (exact) mass is 155 g/mol. The van der Waals surface area contributed by atoms with Gasteiger partial charge < -0.3 is 0 Å². The second kappa shape index (κ2) is 3.93. The molecule has 0 saturated heterocycles. The molecule has 0 aliphatic carbocycles. The number of nitrogens with zero attached hydrogens (tertiary/aromatic N) is 1. The van der Waals surface area contributed by atoms with E-state index in [-0.39, 0.29) is 5.29 Å². The van der Waals surface area contributed by atoms with E-state index in [2.05, 4.69) is 4.84 Å². The summed E-state index contributed by atoms with van der Waals surface area (Å²) in [5.74, 6) is 0. The van der Waals surface area contributed by atoms with Crippen molar-refractivity contribution in [3.63, 3.8) is 0 Å². The highest BCUT2D eigenvalue weighted by Crippen LogP contribution is 2.12. The van der Waals surface area contributed by atoms with Crippen LogP contribution in [0, 0.1) is 0 Å². The number of para-hydroxylation sites is 1. The number of rotatable bonds is 3. The number of anilines is 1. The Morgan fingerprint density at radius 3 is 2.55 bits per heavy atom. The van der Waals surface area contributed by atoms with Gasteiger partial charge in [-0.2, -0.15) is 0 Å². The molecule has 0 aliphatic heterocycles. The maximum Gasteiger partial charge on any atom is 0.0999 e. The van der Waals surface area contributed by atoms with Gasteiger partial charge in [0.15, 0.2) is 0 Å². The molecule has 0 saturated carbocycles. The first-order chi connectivity index (χ1) is 5.34. The van der Waals surface area contributed by atoms with Gasteiger partial charge in [-0.25, -0.2) is 4.84 Å². The molecule has 0 bridgehead atoms. The fourth-order valence-electron chi connectivity index (χ4n) is 0.733. The van der Waals surface area contributed by atoms with Crippen LogP contribution < -0.4 is 5.29 Å². The maximum atomic E-state index is 12.7. The van der Waals surface area contributed by atoms with Crippen molar-refractivity contribution in [3.05, 3.63) is 30.3 Å². The molecule has 0 heterocycles. The van der Waals surface area contributed by atoms with E-state index < -0.39 is 0 Å². The number of hydrogen-bond donors (Lipinski definition) is 0. The second-order valence-electron chi connectivity index (χ2n) is 2.00. The van der Waals surface area contributed by atoms with E-state index >= 15 is 0 Å². The molecule has 60 valence electrons. The standard InChI is InChI=1S/C8H10FNO/c1-2-11-10(9)8-6-4-3-5-7-8/h3-7H,2H2,1H3. The summed E-state index contributed by atoms with van der Waals surface area (Å²) >= 11 is 0. The van der Waals surface area contributed by atoms with Crippen molar-refractivity contribution >= 4 is 5.69 Å². The Morgan fingerprint density at radius 1 is 1.36 bits per heavy atom. The zero-order valence-electron chi connectivity index (χ0n) is 6.33. The summed E-state index contributed by atoms with van der Waals surface area (Å²) in [6.07, 6.45) is 0. The molecule has 3 heteroatoms. The first kappa shape index (κ1) is 8.01. The van der Waals surface area contributed by atoms with Crippen molar-refractivity contribution < 1.29 is 9.32 Å². The molecule has 0 fully saturated rings. The molecule has 0 aliphatic rings. The van der Waals surface area contributed by atoms with E-state index in [0.29, 0.717) is 12.3 Å². The van der Waals surface area contributed by atoms with Crippen LogP contribution in [0.5, 0.6) is 0 Å². The van der Waals surface area contributed by atoms with Gasteiger partial charge in [0.25, 0.3) is 0 Å². The molecular formula is C8H10FNO. The summed E-state index contributed by atoms with van der Waals surface area (Å²) in [6, 6.07) is 8.59. The molecule has 0 radical (unpaired) electrons. The van der Waals surface area contributed by atoms with E-state index in [1.165, 1.54) is 0 Å². The third kappa shape index (κ3) is 2.20. The number of hydrogen-bond acceptors (Lipinski definition) is 2. The topological polar surface area (TPSA) is 12.5 Å². The lowest BCUT2D eigenvalue weighted by atomic mass is 10.3. The van der Waals surface area contributed by atoms with Gasteiger partial charge >= 0.3 is 0 Å². The van der Waals surface area contributed by atoms with Crippen molar-refractivity contribution in [2.75, 3.05) is 11.9 Å². The predicted molar refractivity (Wildman–Crippen MR) is 41.7 cm³/mol. The molecule has 1 aromatic carbocycles. The predicted octanol–water partition coefficient (Wildman–Crippen LogP) is 2.33. The normalized spacial score (nSPS) is 9.64. The summed E-state index contributed by atoms with van der Waals surface area (Å²) in [6.45, 7) is 2.06. The van der Waals surface area contributed by atoms with E-state index in [0.717, 1.165) is 0 Å². The van der Waals surface area contributed by atoms with Crippen LogP contribution in [0.15, 0.2) is 30.3 Å². The molecule has 11 heavy (non-hydrogen) atoms. The lowest BCUT2D eigenvalue weighted by Gasteiger charge is -2.10. The summed E-state index contributed by atoms with van der Waals surface area (Å²) < 4.78 is 12.7. The summed E-state index contributed by atoms with van der Waals surface area (Å²) in [5, 5.41) is 0.264. The molecule has 1 aromatic rings. The molecule has 0 amide bonds. The first-order valence-corrected chi connectivity index (χ1v) is 3.48. The molecule has 0 unspecified atom stereocenters. The highest BCUT2D eigenvalue weighted by molar-refractivity contribution is 5.40. The molecule has 1 rings (SSSR count). The first-order valence-electron chi connectivity index (χ1n) is 3.48. The third-order valence-electron chi connectivity index (χ3n) is 1.20. The fraction of sp³-hybridized carbons (Fsp3) is 0.250. The quantitative estimate of drug-likeness (QED) is 0.490. The van der Waals surface area contributed by atoms with Crippen LogP contribution in [0.4, 0.5) is 10.2 Å². The summed E-state index contributed by atoms with van der Waals surface area (Å²) in [4.78, 5) is 4.59. The minimum atomic E-state index is 0.264. The van der Waals surface area contributed by atoms with Crippen LogP contribution in [0.3, 0.4) is 0 Å². The highest BCUT2D eigenvalue weighted by atomic mass is 19.2. The zero-order chi connectivity index (χ0) is 8.10. The van der Waals surface area contributed by atoms with Gasteiger partial charge in [0.1, 0.15) is 0 Å². The van der Waals surface area contributed by atoms with Crippen LogP contribution >= 0.6 is 0 Å². The Kier molecular flexibility index (Phi) is 2.86. The van der Waals surface area contributed by atoms with Gasteiger partial charge in [0, 0.05) is 0 Å². The van der Waals surface area contributed by atoms with Gasteiger partial charge in [-0.05, 0) is 19.1 Å². The third-order valence-corrected chi connectivity index (χ3v) is 1.20. The lowest BCUT2D eigenvalue weighted by Crippen LogP contribution is -2.11. The highest BCUT2D eigenvalue weighted by Gasteiger charge is 2.01. The van der Waals surface area contributed by atoms with Crippen LogP contribution in [-0.2, 0) is 4.84 Å². The SMILES string of the molecule is CCON(F)c1ccccc1. The van der Waals surface area contributed by atoms with E-state index in [1.54, 1.807) is 31.2 Å². The van der Waals surface area contributed by atoms with E-state index in [1.807, 2.05) is 6.07 Å². The van der Waals surface area contributed by atoms with Crippen molar-refractivity contribution in [3.8, 4) is 0 Å². The van der Waals surface area contributed by atoms with Gasteiger partial charge in [-0.1, -0.05) is 28.0 Å². The van der Waals surface area contributed by atoms with Crippen LogP contribution in [0.25, 0.3) is 0 Å². The Labute approximate surface area is 65.1 Å². The minimum Gasteiger partial charge on any atom is -0.245 e. The van der Waals surface area contributed by atoms with Crippen molar-refractivity contribution in [2.45, 2.75) is 6.92 Å². The average molecular weight is 155 g/mol. The summed E-state index contributed by atoms with van der Waals surface area (Å²) in [5.41, 5.74) is 0.411. The minimum absolute atomic E-state index is 0.264. The summed E-state index contributed by atoms with van der Waals surface area (Å²) in [7, 11) is 0. The maximum absolute atomic E-state index is 12.7. The Morgan fingerprint density at radius 2 is 2.00 bits per heavy atom. The number of benzene rings is 1. The van der Waals surface area contributed by atoms with Gasteiger partial charge in [-0.15, -0.1) is 0 Å². The molecule has 2 nitrogen and oxygen atoms in total. The van der Waals surface area contributed by atoms with E-state index in [4.69, 9.17) is 0 Å². The van der Waals surface area contributed by atoms with Gasteiger partial charge in [0.2, 0.25) is 0 Å². The fourth-order valence-corrected chi connectivity index (χ4v) is 0.733. The van der Waals surface area contributed by atoms with Crippen LogP contribution in [0.1, 0.15) is 6.92 Å². The van der Waals surface area contributed by atoms with E-state index in [9.17, 15) is 4.48 Å². The smallest absolute Gasteiger partial charge is 0.0999 e. The Balaban J connectivity index is 2.61. The van der Waals surface area contributed by atoms with Crippen molar-refractivity contribution in [1.82, 2.24) is 0 Å². The van der Waals surface area contributed by atoms with Gasteiger partial charge in [0.05, 0.1) is 12.3 Å².